The quantitative estimate of drug-likeness (QED) is 0.0390. The lowest BCUT2D eigenvalue weighted by molar-refractivity contribution is -0.134. The fourth-order valence-electron chi connectivity index (χ4n) is 9.16. The summed E-state index contributed by atoms with van der Waals surface area (Å²) in [5, 5.41) is 15.8. The number of nitrogens with one attached hydrogen (secondary N) is 4. The Kier molecular flexibility index (Phi) is 18.2. The molecular formula is C53H57Cl4N11O8. The Morgan fingerprint density at radius 1 is 0.684 bits per heavy atom. The van der Waals surface area contributed by atoms with Gasteiger partial charge in [0.15, 0.2) is 0 Å². The molecule has 2 fully saturated rings. The third-order valence-electron chi connectivity index (χ3n) is 13.1. The van der Waals surface area contributed by atoms with Crippen LogP contribution in [0, 0.1) is 0 Å². The molecule has 6 aromatic rings. The highest BCUT2D eigenvalue weighted by Crippen LogP contribution is 2.48. The third kappa shape index (κ3) is 12.4. The first kappa shape index (κ1) is 55.5. The van der Waals surface area contributed by atoms with Gasteiger partial charge in [-0.2, -0.15) is 0 Å². The molecule has 0 saturated carbocycles. The Balaban J connectivity index is 0.893. The molecule has 76 heavy (non-hydrogen) atoms. The van der Waals surface area contributed by atoms with Crippen molar-refractivity contribution in [1.29, 1.82) is 0 Å². The number of nitrogens with zero attached hydrogens (tertiary/aromatic N) is 7. The first-order chi connectivity index (χ1) is 36.7. The van der Waals surface area contributed by atoms with E-state index in [0.29, 0.717) is 111 Å². The van der Waals surface area contributed by atoms with Crippen LogP contribution in [0.15, 0.2) is 86.2 Å². The summed E-state index contributed by atoms with van der Waals surface area (Å²) in [6.45, 7) is 10.0. The van der Waals surface area contributed by atoms with Crippen LogP contribution in [0.5, 0.6) is 23.0 Å². The number of halogens is 4. The largest absolute Gasteiger partial charge is 0.495 e. The molecule has 4 heterocycles. The van der Waals surface area contributed by atoms with Crippen molar-refractivity contribution in [2.24, 2.45) is 0 Å². The topological polar surface area (TPSA) is 207 Å². The highest BCUT2D eigenvalue weighted by atomic mass is 35.5. The number of methoxy groups -OCH3 is 4. The fraction of sp³-hybridized carbons (Fsp3) is 0.340. The van der Waals surface area contributed by atoms with E-state index < -0.39 is 6.04 Å². The van der Waals surface area contributed by atoms with Crippen LogP contribution in [-0.2, 0) is 19.1 Å². The summed E-state index contributed by atoms with van der Waals surface area (Å²) in [5.41, 5.74) is 3.77. The van der Waals surface area contributed by atoms with Gasteiger partial charge in [-0.1, -0.05) is 71.2 Å². The summed E-state index contributed by atoms with van der Waals surface area (Å²) in [4.78, 5) is 62.7. The maximum absolute atomic E-state index is 13.8. The zero-order valence-electron chi connectivity index (χ0n) is 42.4. The number of ether oxygens (including phenoxy) is 5. The van der Waals surface area contributed by atoms with E-state index in [2.05, 4.69) is 44.4 Å². The van der Waals surface area contributed by atoms with Gasteiger partial charge in [-0.15, -0.1) is 6.58 Å². The second-order valence-electron chi connectivity index (χ2n) is 18.0. The molecule has 2 aromatic heterocycles. The Labute approximate surface area is 459 Å². The van der Waals surface area contributed by atoms with E-state index >= 15 is 0 Å². The van der Waals surface area contributed by atoms with Crippen LogP contribution in [0.25, 0.3) is 44.1 Å². The van der Waals surface area contributed by atoms with Crippen LogP contribution in [0.1, 0.15) is 0 Å². The standard InChI is InChI=1S/C53H57Cl4N11O8/c1-8-14-58-35-23-67(24-36(35)64-52-59-21-31-17-29(10-12-33(31)62-52)46-48(54)39(73-5)19-40(74-6)49(46)55)44(70)27-66(3)15-16-76-42-20-41(75-7)50(56)47(51(42)57)30-11-13-34-32(18-30)22-60-53(63-34)65-38-26-68(45(71)28-72-4)25-37(38)61-43(69)9-2/h8-13,17-22,35-38,58H,1-2,14-16,23-28H2,3-7H3,(H,61,69)(H,59,62,64)(H,60,63,65)/t35?,36?,37-,38+/m0/s1. The first-order valence-electron chi connectivity index (χ1n) is 24.0. The van der Waals surface area contributed by atoms with Crippen molar-refractivity contribution in [2.45, 2.75) is 24.2 Å². The molecular weight excluding hydrogens is 1060 g/mol. The van der Waals surface area contributed by atoms with E-state index in [4.69, 9.17) is 80.1 Å². The van der Waals surface area contributed by atoms with Gasteiger partial charge in [0.2, 0.25) is 29.6 Å². The molecule has 8 rings (SSSR count). The predicted octanol–water partition coefficient (Wildman–Crippen LogP) is 7.26. The molecule has 23 heteroatoms. The average molecular weight is 1120 g/mol. The Morgan fingerprint density at radius 2 is 1.17 bits per heavy atom. The van der Waals surface area contributed by atoms with Gasteiger partial charge in [0.25, 0.3) is 0 Å². The van der Waals surface area contributed by atoms with Crippen LogP contribution >= 0.6 is 46.4 Å². The van der Waals surface area contributed by atoms with Crippen LogP contribution in [0.3, 0.4) is 0 Å². The first-order valence-corrected chi connectivity index (χ1v) is 25.5. The van der Waals surface area contributed by atoms with Crippen molar-refractivity contribution in [2.75, 3.05) is 105 Å². The van der Waals surface area contributed by atoms with E-state index in [1.807, 2.05) is 53.2 Å². The predicted molar refractivity (Wildman–Crippen MR) is 297 cm³/mol. The van der Waals surface area contributed by atoms with E-state index in [1.54, 1.807) is 35.5 Å². The number of likely N-dealkylation sites (tertiary alicyclic amines) is 2. The van der Waals surface area contributed by atoms with Crippen molar-refractivity contribution in [1.82, 2.24) is 45.3 Å². The van der Waals surface area contributed by atoms with Gasteiger partial charge in [0, 0.05) is 98.8 Å². The monoisotopic (exact) mass is 1120 g/mol. The Morgan fingerprint density at radius 3 is 1.68 bits per heavy atom. The SMILES string of the molecule is C=CCNC1CN(C(=O)CN(C)CCOc2cc(OC)c(Cl)c(-c3ccc4nc(N[C@@H]5CN(C(=O)COC)C[C@@H]5NC(=O)C=C)ncc4c3)c2Cl)CC1Nc1ncc2cc(-c3c(Cl)c(OC)cc(OC)c3Cl)ccc2n1. The smallest absolute Gasteiger partial charge is 0.248 e. The number of anilines is 2. The normalized spacial score (nSPS) is 17.2. The second kappa shape index (κ2) is 25.0. The van der Waals surface area contributed by atoms with Gasteiger partial charge in [0.1, 0.15) is 36.2 Å². The van der Waals surface area contributed by atoms with Gasteiger partial charge < -0.3 is 54.8 Å². The highest BCUT2D eigenvalue weighted by molar-refractivity contribution is 6.42. The van der Waals surface area contributed by atoms with E-state index in [9.17, 15) is 14.4 Å². The molecule has 2 aliphatic heterocycles. The molecule has 2 saturated heterocycles. The molecule has 0 bridgehead atoms. The molecule has 4 aromatic carbocycles. The molecule has 0 radical (unpaired) electrons. The number of carbonyl (C=O) groups is 3. The number of fused-ring (bicyclic) bond motifs is 2. The number of hydrogen-bond acceptors (Lipinski definition) is 16. The maximum Gasteiger partial charge on any atom is 0.248 e. The highest BCUT2D eigenvalue weighted by Gasteiger charge is 2.37. The number of rotatable bonds is 22. The van der Waals surface area contributed by atoms with Crippen LogP contribution < -0.4 is 40.2 Å². The fourth-order valence-corrected chi connectivity index (χ4v) is 10.6. The van der Waals surface area contributed by atoms with Crippen molar-refractivity contribution in [3.63, 3.8) is 0 Å². The lowest BCUT2D eigenvalue weighted by Crippen LogP contribution is -2.45. The zero-order chi connectivity index (χ0) is 54.2. The molecule has 2 unspecified atom stereocenters. The minimum absolute atomic E-state index is 0.0619. The van der Waals surface area contributed by atoms with Crippen LogP contribution in [-0.4, -0.2) is 171 Å². The number of amides is 3. The van der Waals surface area contributed by atoms with Crippen molar-refractivity contribution in [3.8, 4) is 45.3 Å². The number of aromatic nitrogens is 4. The van der Waals surface area contributed by atoms with Crippen LogP contribution in [0.2, 0.25) is 20.1 Å². The summed E-state index contributed by atoms with van der Waals surface area (Å²) in [5.74, 6) is 1.65. The lowest BCUT2D eigenvalue weighted by Gasteiger charge is -2.22. The van der Waals surface area contributed by atoms with E-state index in [-0.39, 0.29) is 72.2 Å². The molecule has 0 spiro atoms. The number of hydrogen-bond donors (Lipinski definition) is 4. The van der Waals surface area contributed by atoms with E-state index in [0.717, 1.165) is 10.9 Å². The summed E-state index contributed by atoms with van der Waals surface area (Å²) in [6.07, 6.45) is 6.35. The van der Waals surface area contributed by atoms with Crippen LogP contribution in [0.4, 0.5) is 11.9 Å². The molecule has 3 amide bonds. The summed E-state index contributed by atoms with van der Waals surface area (Å²) in [7, 11) is 7.86. The molecule has 19 nitrogen and oxygen atoms in total. The molecule has 4 N–H and O–H groups in total. The number of carbonyl (C=O) groups excluding carboxylic acids is 3. The maximum atomic E-state index is 13.8. The van der Waals surface area contributed by atoms with Gasteiger partial charge >= 0.3 is 0 Å². The Bertz CT molecular complexity index is 3140. The third-order valence-corrected chi connectivity index (χ3v) is 14.6. The summed E-state index contributed by atoms with van der Waals surface area (Å²) < 4.78 is 27.9. The number of benzene rings is 4. The van der Waals surface area contributed by atoms with Crippen molar-refractivity contribution >= 4 is 97.8 Å². The summed E-state index contributed by atoms with van der Waals surface area (Å²) in [6, 6.07) is 13.3. The summed E-state index contributed by atoms with van der Waals surface area (Å²) >= 11 is 27.4. The zero-order valence-corrected chi connectivity index (χ0v) is 45.4. The van der Waals surface area contributed by atoms with Gasteiger partial charge in [-0.3, -0.25) is 19.3 Å². The van der Waals surface area contributed by atoms with Crippen molar-refractivity contribution < 1.29 is 38.1 Å². The minimum atomic E-state index is -0.423. The molecule has 400 valence electrons. The van der Waals surface area contributed by atoms with Gasteiger partial charge in [-0.05, 0) is 48.5 Å². The van der Waals surface area contributed by atoms with Gasteiger partial charge in [-0.25, -0.2) is 19.9 Å². The van der Waals surface area contributed by atoms with Gasteiger partial charge in [0.05, 0.1) is 77.1 Å². The average Bonchev–Trinajstić information content (AvgIpc) is 4.01. The lowest BCUT2D eigenvalue weighted by atomic mass is 10.0. The van der Waals surface area contributed by atoms with E-state index in [1.165, 1.54) is 34.5 Å². The molecule has 4 atom stereocenters. The number of likely N-dealkylation sites (N-methyl/N-ethyl adjacent to an activating group) is 1. The van der Waals surface area contributed by atoms with Crippen molar-refractivity contribution in [3.05, 3.63) is 106 Å². The molecule has 2 aliphatic rings. The second-order valence-corrected chi connectivity index (χ2v) is 19.6. The molecule has 0 aliphatic carbocycles. The Hall–Kier alpha value is -6.71. The minimum Gasteiger partial charge on any atom is -0.495 e.